The van der Waals surface area contributed by atoms with Gasteiger partial charge in [0.05, 0.1) is 113 Å². The number of alkyl carbamates (subject to hydrolysis) is 1. The van der Waals surface area contributed by atoms with Crippen LogP contribution in [0.25, 0.3) is 0 Å². The van der Waals surface area contributed by atoms with E-state index in [2.05, 4.69) is 46.7 Å². The van der Waals surface area contributed by atoms with Crippen molar-refractivity contribution in [1.29, 1.82) is 0 Å². The van der Waals surface area contributed by atoms with Gasteiger partial charge in [0.2, 0.25) is 17.7 Å². The standard InChI is InChI=1S/C71H103N7O21/c1-38(2)61(77-58(81)21-24-90-26-27-91-25-23-78-59(82)19-20-60(78)83)68(85)76-53(10-9-22-73-69(72)86)67(84)75-44-13-11-43(12-14-44)37-93-70(87)74-35-46(80)31-56-64(89-8)51(42(6)94-56)30-45(79)29-48-16-18-55-65(96-48)63-41(5)62(97-55)66-57(88-7)34-71(98-63,99-66)52-33-49-28-39(3)54(95-49)17-15-47-32-50(52)40(4)36-92-47/h11-14,19-20,38,41-42,46-57,61-66,80H,3-4,9-10,15-18,21-37H2,1-2,5-8H3,(H,74,87)(H,75,84)(H,76,85)(H,77,81)(H3,72,73,86)/t41-,42+,46+,47+,48-,49-,50-,51+,52?,53+,54+,55+,56-,57-,61+,62?,63-,64-,65+,66+,71+/m1/s1. The fourth-order valence-corrected chi connectivity index (χ4v) is 15.9. The van der Waals surface area contributed by atoms with E-state index in [0.29, 0.717) is 43.5 Å². The van der Waals surface area contributed by atoms with E-state index in [1.165, 1.54) is 12.2 Å². The van der Waals surface area contributed by atoms with Crippen LogP contribution in [-0.4, -0.2) is 228 Å². The van der Waals surface area contributed by atoms with Gasteiger partial charge in [0.25, 0.3) is 11.8 Å². The van der Waals surface area contributed by atoms with Crippen LogP contribution in [-0.2, 0) is 92.2 Å². The molecule has 9 aliphatic rings. The number of hydrogen-bond acceptors (Lipinski definition) is 21. The van der Waals surface area contributed by atoms with Crippen molar-refractivity contribution in [2.75, 3.05) is 72.2 Å². The minimum Gasteiger partial charge on any atom is -0.445 e. The number of nitrogens with zero attached hydrogens (tertiary/aromatic N) is 1. The van der Waals surface area contributed by atoms with Gasteiger partial charge in [-0.2, -0.15) is 0 Å². The van der Waals surface area contributed by atoms with Crippen LogP contribution in [0.5, 0.6) is 0 Å². The van der Waals surface area contributed by atoms with Crippen molar-refractivity contribution in [1.82, 2.24) is 26.2 Å². The summed E-state index contributed by atoms with van der Waals surface area (Å²) in [5.41, 5.74) is 8.34. The molecule has 8 fully saturated rings. The topological polar surface area (TPSA) is 357 Å². The molecule has 8 amide bonds. The number of methoxy groups -OCH3 is 2. The molecule has 2 unspecified atom stereocenters. The minimum atomic E-state index is -1.10. The molecule has 21 atom stereocenters. The number of aliphatic hydroxyl groups is 1. The zero-order valence-electron chi connectivity index (χ0n) is 57.9. The van der Waals surface area contributed by atoms with Gasteiger partial charge in [-0.1, -0.05) is 46.1 Å². The quantitative estimate of drug-likeness (QED) is 0.0303. The summed E-state index contributed by atoms with van der Waals surface area (Å²) in [5, 5.41) is 24.5. The Morgan fingerprint density at radius 2 is 1.55 bits per heavy atom. The van der Waals surface area contributed by atoms with Crippen LogP contribution in [0.3, 0.4) is 0 Å². The molecule has 0 spiro atoms. The molecular weight excluding hydrogens is 1290 g/mol. The molecule has 8 saturated heterocycles. The number of primary amides is 1. The van der Waals surface area contributed by atoms with Crippen molar-refractivity contribution in [3.63, 3.8) is 0 Å². The number of fused-ring (bicyclic) bond motifs is 11. The Bertz CT molecular complexity index is 3050. The van der Waals surface area contributed by atoms with Crippen LogP contribution in [0.15, 0.2) is 60.7 Å². The number of ether oxygens (including phenoxy) is 12. The third-order valence-electron chi connectivity index (χ3n) is 21.1. The molecule has 1 aromatic carbocycles. The molecule has 1 aromatic rings. The Hall–Kier alpha value is -6.28. The van der Waals surface area contributed by atoms with Gasteiger partial charge in [0, 0.05) is 95.0 Å². The smallest absolute Gasteiger partial charge is 0.407 e. The lowest BCUT2D eigenvalue weighted by atomic mass is 9.71. The number of anilines is 1. The number of benzene rings is 1. The van der Waals surface area contributed by atoms with Gasteiger partial charge >= 0.3 is 12.1 Å². The molecule has 0 saturated carbocycles. The van der Waals surface area contributed by atoms with E-state index in [-0.39, 0.29) is 188 Å². The van der Waals surface area contributed by atoms with Gasteiger partial charge in [0.15, 0.2) is 5.79 Å². The molecule has 0 aliphatic carbocycles. The summed E-state index contributed by atoms with van der Waals surface area (Å²) in [6, 6.07) is 3.59. The highest BCUT2D eigenvalue weighted by atomic mass is 16.7. The van der Waals surface area contributed by atoms with E-state index >= 15 is 0 Å². The zero-order chi connectivity index (χ0) is 70.7. The van der Waals surface area contributed by atoms with Crippen molar-refractivity contribution >= 4 is 53.1 Å². The number of amides is 8. The van der Waals surface area contributed by atoms with Crippen molar-refractivity contribution in [2.24, 2.45) is 35.3 Å². The SMILES string of the molecule is C=C1C[C@@H]2CC([C@]34C[C@@H](OC)[C@H](O3)C3O[C@H]5CC[C@H](CC(=O)C[C@@H]6[C@@H](OC)[C@@H](C[C@H](O)CNC(=O)OCc7ccc(NC(=O)[C@H](CCCNC(N)=O)NC(=O)[C@@H](NC(=O)CCOCCOCCN8C(=O)C=CC8=O)C(C)C)cc7)O[C@H]6C)O[C@@H]5[C@H](O4)[C@@H]3C)[C@@H]3C[C@H](CC[C@@H]1O2)OCC3=C. The largest absolute Gasteiger partial charge is 0.445 e. The highest BCUT2D eigenvalue weighted by Gasteiger charge is 2.66. The lowest BCUT2D eigenvalue weighted by molar-refractivity contribution is -0.310. The van der Waals surface area contributed by atoms with Crippen molar-refractivity contribution in [2.45, 2.75) is 228 Å². The number of urea groups is 1. The van der Waals surface area contributed by atoms with Crippen molar-refractivity contribution < 1.29 is 100 Å². The molecule has 10 rings (SSSR count). The minimum absolute atomic E-state index is 0.00192. The molecule has 28 nitrogen and oxygen atoms in total. The summed E-state index contributed by atoms with van der Waals surface area (Å²) in [4.78, 5) is 103. The van der Waals surface area contributed by atoms with Crippen molar-refractivity contribution in [3.05, 3.63) is 66.3 Å². The first-order chi connectivity index (χ1) is 47.5. The van der Waals surface area contributed by atoms with Crippen LogP contribution < -0.4 is 32.3 Å². The van der Waals surface area contributed by atoms with Gasteiger partial charge in [0.1, 0.15) is 36.7 Å². The number of aliphatic hydroxyl groups excluding tert-OH is 1. The first kappa shape index (κ1) is 75.4. The van der Waals surface area contributed by atoms with Gasteiger partial charge in [-0.15, -0.1) is 0 Å². The summed E-state index contributed by atoms with van der Waals surface area (Å²) in [6.45, 7) is 17.4. The fourth-order valence-electron chi connectivity index (χ4n) is 15.9. The second-order valence-corrected chi connectivity index (χ2v) is 28.4. The summed E-state index contributed by atoms with van der Waals surface area (Å²) in [7, 11) is 3.30. The summed E-state index contributed by atoms with van der Waals surface area (Å²) < 4.78 is 76.8. The molecule has 0 aromatic heterocycles. The first-order valence-electron chi connectivity index (χ1n) is 35.3. The van der Waals surface area contributed by atoms with Gasteiger partial charge < -0.3 is 94.3 Å². The molecule has 9 aliphatic heterocycles. The predicted molar refractivity (Wildman–Crippen MR) is 355 cm³/mol. The number of imide groups is 1. The van der Waals surface area contributed by atoms with E-state index in [9.17, 15) is 43.5 Å². The summed E-state index contributed by atoms with van der Waals surface area (Å²) in [5.74, 6) is -4.32. The number of rotatable bonds is 32. The molecule has 9 heterocycles. The van der Waals surface area contributed by atoms with E-state index in [1.807, 2.05) is 6.92 Å². The highest BCUT2D eigenvalue weighted by Crippen LogP contribution is 2.56. The number of hydrogen-bond donors (Lipinski definition) is 7. The molecule has 99 heavy (non-hydrogen) atoms. The Labute approximate surface area is 578 Å². The maximum Gasteiger partial charge on any atom is 0.407 e. The van der Waals surface area contributed by atoms with Crippen LogP contribution >= 0.6 is 0 Å². The number of ketones is 1. The number of Topliss-reactive ketones (excluding diaryl/α,β-unsaturated/α-hetero) is 1. The predicted octanol–water partition coefficient (Wildman–Crippen LogP) is 4.12. The number of carbonyl (C=O) groups is 8. The monoisotopic (exact) mass is 1390 g/mol. The van der Waals surface area contributed by atoms with E-state index in [4.69, 9.17) is 62.6 Å². The maximum atomic E-state index is 14.2. The first-order valence-corrected chi connectivity index (χ1v) is 35.3. The van der Waals surface area contributed by atoms with Crippen LogP contribution in [0.2, 0.25) is 0 Å². The summed E-state index contributed by atoms with van der Waals surface area (Å²) in [6.07, 6.45) is 3.40. The molecule has 8 N–H and O–H groups in total. The second kappa shape index (κ2) is 34.6. The van der Waals surface area contributed by atoms with Gasteiger partial charge in [-0.05, 0) is 105 Å². The van der Waals surface area contributed by atoms with Gasteiger partial charge in [-0.3, -0.25) is 33.7 Å². The lowest BCUT2D eigenvalue weighted by Crippen LogP contribution is -2.62. The van der Waals surface area contributed by atoms with E-state index in [1.54, 1.807) is 52.3 Å². The fraction of sp³-hybridized carbons (Fsp3) is 0.718. The Kier molecular flexibility index (Phi) is 26.3. The Morgan fingerprint density at radius 1 is 0.798 bits per heavy atom. The Balaban J connectivity index is 0.652. The lowest BCUT2D eigenvalue weighted by Gasteiger charge is -2.52. The summed E-state index contributed by atoms with van der Waals surface area (Å²) >= 11 is 0. The Morgan fingerprint density at radius 3 is 2.27 bits per heavy atom. The zero-order valence-corrected chi connectivity index (χ0v) is 57.9. The molecule has 0 radical (unpaired) electrons. The van der Waals surface area contributed by atoms with Crippen LogP contribution in [0.1, 0.15) is 123 Å². The molecule has 548 valence electrons. The van der Waals surface area contributed by atoms with Gasteiger partial charge in [-0.25, -0.2) is 9.59 Å². The number of nitrogens with one attached hydrogen (secondary N) is 5. The molecular formula is C71H103N7O21. The number of nitrogens with two attached hydrogens (primary N) is 1. The normalized spacial score (nSPS) is 33.3. The average Bonchev–Trinajstić information content (AvgIpc) is 1.58. The van der Waals surface area contributed by atoms with Crippen LogP contribution in [0.4, 0.5) is 15.3 Å². The van der Waals surface area contributed by atoms with Crippen molar-refractivity contribution in [3.8, 4) is 0 Å². The number of carbonyl (C=O) groups excluding carboxylic acids is 8. The molecule has 8 bridgehead atoms. The third kappa shape index (κ3) is 19.1. The second-order valence-electron chi connectivity index (χ2n) is 28.4. The third-order valence-corrected chi connectivity index (χ3v) is 21.1. The highest BCUT2D eigenvalue weighted by molar-refractivity contribution is 6.12. The maximum absolute atomic E-state index is 14.2. The van der Waals surface area contributed by atoms with E-state index < -0.39 is 83.9 Å². The van der Waals surface area contributed by atoms with Crippen LogP contribution in [0, 0.1) is 29.6 Å². The average molecular weight is 1390 g/mol. The molecule has 28 heteroatoms. The van der Waals surface area contributed by atoms with E-state index in [0.717, 1.165) is 41.7 Å².